The smallest absolute Gasteiger partial charge is 0.330 e. The van der Waals surface area contributed by atoms with Gasteiger partial charge in [-0.25, -0.2) is 4.79 Å². The van der Waals surface area contributed by atoms with Gasteiger partial charge in [-0.3, -0.25) is 14.3 Å². The lowest BCUT2D eigenvalue weighted by Crippen LogP contribution is -2.33. The minimum atomic E-state index is -1.92. The van der Waals surface area contributed by atoms with Crippen molar-refractivity contribution in [3.63, 3.8) is 0 Å². The highest BCUT2D eigenvalue weighted by Crippen LogP contribution is 2.27. The van der Waals surface area contributed by atoms with E-state index in [0.29, 0.717) is 0 Å². The molecule has 18 heavy (non-hydrogen) atoms. The molecule has 1 saturated heterocycles. The molecular formula is C11H12N2O5. The van der Waals surface area contributed by atoms with Crippen molar-refractivity contribution < 1.29 is 16.3 Å². The lowest BCUT2D eigenvalue weighted by Gasteiger charge is -2.14. The third-order valence-corrected chi connectivity index (χ3v) is 2.65. The number of rotatable bonds is 2. The van der Waals surface area contributed by atoms with Crippen LogP contribution in [0.2, 0.25) is 0 Å². The lowest BCUT2D eigenvalue weighted by atomic mass is 10.2. The van der Waals surface area contributed by atoms with Crippen LogP contribution in [0, 0.1) is 12.3 Å². The van der Waals surface area contributed by atoms with Gasteiger partial charge in [0.1, 0.15) is 17.9 Å². The molecule has 2 heterocycles. The SMILES string of the molecule is [2H][C@]1(n2cc(C#C)c(=O)[nH]c2=O)C[C@H](O)[C@@H](CO)O1. The summed E-state index contributed by atoms with van der Waals surface area (Å²) in [5, 5.41) is 18.6. The Bertz CT molecular complexity index is 646. The average molecular weight is 253 g/mol. The fourth-order valence-electron chi connectivity index (χ4n) is 1.68. The minimum absolute atomic E-state index is 0.128. The fourth-order valence-corrected chi connectivity index (χ4v) is 1.68. The molecule has 0 spiro atoms. The van der Waals surface area contributed by atoms with Gasteiger partial charge in [-0.05, 0) is 0 Å². The molecule has 0 radical (unpaired) electrons. The van der Waals surface area contributed by atoms with Crippen molar-refractivity contribution in [1.29, 1.82) is 0 Å². The summed E-state index contributed by atoms with van der Waals surface area (Å²) in [6.07, 6.45) is 1.94. The van der Waals surface area contributed by atoms with Crippen LogP contribution in [0.4, 0.5) is 0 Å². The summed E-state index contributed by atoms with van der Waals surface area (Å²) in [6.45, 7) is -0.484. The molecule has 2 rings (SSSR count). The van der Waals surface area contributed by atoms with Crippen molar-refractivity contribution in [1.82, 2.24) is 9.55 Å². The van der Waals surface area contributed by atoms with Gasteiger partial charge in [0, 0.05) is 12.6 Å². The summed E-state index contributed by atoms with van der Waals surface area (Å²) in [5.74, 6) is 2.09. The van der Waals surface area contributed by atoms with E-state index in [1.54, 1.807) is 0 Å². The molecule has 1 aliphatic heterocycles. The largest absolute Gasteiger partial charge is 0.394 e. The van der Waals surface area contributed by atoms with Crippen LogP contribution in [0.15, 0.2) is 15.8 Å². The number of aromatic amines is 1. The van der Waals surface area contributed by atoms with E-state index in [0.717, 1.165) is 10.8 Å². The van der Waals surface area contributed by atoms with Gasteiger partial charge in [0.05, 0.1) is 14.1 Å². The number of ether oxygens (including phenoxy) is 1. The number of aromatic nitrogens is 2. The minimum Gasteiger partial charge on any atom is -0.394 e. The maximum Gasteiger partial charge on any atom is 0.330 e. The number of aliphatic hydroxyl groups excluding tert-OH is 2. The molecule has 1 aliphatic rings. The normalized spacial score (nSPS) is 31.9. The van der Waals surface area contributed by atoms with Gasteiger partial charge in [-0.15, -0.1) is 6.42 Å². The molecule has 1 aromatic rings. The van der Waals surface area contributed by atoms with Gasteiger partial charge in [0.25, 0.3) is 5.56 Å². The molecule has 0 unspecified atom stereocenters. The Kier molecular flexibility index (Phi) is 2.98. The molecule has 0 saturated carbocycles. The second-order valence-corrected chi connectivity index (χ2v) is 3.82. The first kappa shape index (κ1) is 11.2. The molecule has 3 atom stereocenters. The summed E-state index contributed by atoms with van der Waals surface area (Å²) in [7, 11) is 0. The van der Waals surface area contributed by atoms with Gasteiger partial charge >= 0.3 is 5.69 Å². The van der Waals surface area contributed by atoms with E-state index in [-0.39, 0.29) is 12.0 Å². The Balaban J connectivity index is 2.51. The molecule has 0 bridgehead atoms. The number of terminal acetylenes is 1. The number of H-pyrrole nitrogens is 1. The van der Waals surface area contributed by atoms with Crippen LogP contribution in [-0.4, -0.2) is 38.6 Å². The zero-order valence-electron chi connectivity index (χ0n) is 10.3. The maximum atomic E-state index is 11.7. The van der Waals surface area contributed by atoms with Crippen molar-refractivity contribution in [2.75, 3.05) is 6.61 Å². The van der Waals surface area contributed by atoms with Crippen molar-refractivity contribution in [2.45, 2.75) is 24.8 Å². The second kappa shape index (κ2) is 4.78. The molecule has 96 valence electrons. The highest BCUT2D eigenvalue weighted by atomic mass is 16.5. The summed E-state index contributed by atoms with van der Waals surface area (Å²) >= 11 is 0. The van der Waals surface area contributed by atoms with E-state index in [1.807, 2.05) is 4.98 Å². The number of hydrogen-bond acceptors (Lipinski definition) is 5. The van der Waals surface area contributed by atoms with Crippen LogP contribution in [0.5, 0.6) is 0 Å². The summed E-state index contributed by atoms with van der Waals surface area (Å²) in [4.78, 5) is 25.0. The van der Waals surface area contributed by atoms with E-state index in [2.05, 4.69) is 5.92 Å². The summed E-state index contributed by atoms with van der Waals surface area (Å²) in [6, 6.07) is 0. The van der Waals surface area contributed by atoms with Crippen molar-refractivity contribution in [2.24, 2.45) is 0 Å². The van der Waals surface area contributed by atoms with Crippen molar-refractivity contribution >= 4 is 0 Å². The fraction of sp³-hybridized carbons (Fsp3) is 0.455. The van der Waals surface area contributed by atoms with Gasteiger partial charge in [0.2, 0.25) is 0 Å². The van der Waals surface area contributed by atoms with Crippen LogP contribution in [0.25, 0.3) is 0 Å². The van der Waals surface area contributed by atoms with Crippen LogP contribution >= 0.6 is 0 Å². The highest BCUT2D eigenvalue weighted by Gasteiger charge is 2.35. The average Bonchev–Trinajstić information content (AvgIpc) is 2.65. The Morgan fingerprint density at radius 3 is 3.00 bits per heavy atom. The molecule has 0 aromatic carbocycles. The number of aliphatic hydroxyl groups is 2. The molecule has 0 aliphatic carbocycles. The Labute approximate surface area is 103 Å². The van der Waals surface area contributed by atoms with Gasteiger partial charge in [-0.2, -0.15) is 0 Å². The second-order valence-electron chi connectivity index (χ2n) is 3.82. The zero-order chi connectivity index (χ0) is 14.2. The van der Waals surface area contributed by atoms with Crippen LogP contribution in [0.3, 0.4) is 0 Å². The third-order valence-electron chi connectivity index (χ3n) is 2.65. The van der Waals surface area contributed by atoms with Gasteiger partial charge in [0.15, 0.2) is 0 Å². The van der Waals surface area contributed by atoms with Crippen molar-refractivity contribution in [3.05, 3.63) is 32.6 Å². The van der Waals surface area contributed by atoms with Gasteiger partial charge < -0.3 is 14.9 Å². The quantitative estimate of drug-likeness (QED) is 0.537. The molecular weight excluding hydrogens is 240 g/mol. The van der Waals surface area contributed by atoms with Crippen LogP contribution in [0.1, 0.15) is 19.6 Å². The lowest BCUT2D eigenvalue weighted by molar-refractivity contribution is -0.0459. The van der Waals surface area contributed by atoms with E-state index in [9.17, 15) is 14.7 Å². The predicted molar refractivity (Wildman–Crippen MR) is 60.9 cm³/mol. The van der Waals surface area contributed by atoms with E-state index >= 15 is 0 Å². The summed E-state index contributed by atoms with van der Waals surface area (Å²) < 4.78 is 14.0. The Morgan fingerprint density at radius 1 is 1.72 bits per heavy atom. The Hall–Kier alpha value is -1.88. The standard InChI is InChI=1S/C11H12N2O5/c1-2-6-4-13(11(17)12-10(6)16)9-3-7(15)8(5-14)18-9/h1,4,7-9,14-15H,3,5H2,(H,12,16,17)/t7-,8+,9+/m0/s1/i9D. The monoisotopic (exact) mass is 253 g/mol. The number of nitrogens with zero attached hydrogens (tertiary/aromatic N) is 1. The first-order chi connectivity index (χ1) is 8.91. The van der Waals surface area contributed by atoms with Crippen LogP contribution < -0.4 is 11.2 Å². The van der Waals surface area contributed by atoms with E-state index in [4.69, 9.17) is 17.6 Å². The first-order valence-corrected chi connectivity index (χ1v) is 5.21. The molecule has 3 N–H and O–H groups in total. The van der Waals surface area contributed by atoms with E-state index < -0.39 is 36.3 Å². The topological polar surface area (TPSA) is 105 Å². The summed E-state index contributed by atoms with van der Waals surface area (Å²) in [5.41, 5.74) is -1.73. The Morgan fingerprint density at radius 2 is 2.44 bits per heavy atom. The molecule has 1 fully saturated rings. The third kappa shape index (κ3) is 2.09. The van der Waals surface area contributed by atoms with E-state index in [1.165, 1.54) is 0 Å². The zero-order valence-corrected chi connectivity index (χ0v) is 9.29. The molecule has 7 nitrogen and oxygen atoms in total. The predicted octanol–water partition coefficient (Wildman–Crippen LogP) is -1.84. The maximum absolute atomic E-state index is 11.7. The number of nitrogens with one attached hydrogen (secondary N) is 1. The van der Waals surface area contributed by atoms with Crippen molar-refractivity contribution in [3.8, 4) is 12.3 Å². The highest BCUT2D eigenvalue weighted by molar-refractivity contribution is 5.26. The molecule has 1 aromatic heterocycles. The first-order valence-electron chi connectivity index (χ1n) is 5.71. The molecule has 7 heteroatoms. The van der Waals surface area contributed by atoms with Gasteiger partial charge in [-0.1, -0.05) is 5.92 Å². The number of hydrogen-bond donors (Lipinski definition) is 3. The van der Waals surface area contributed by atoms with Crippen LogP contribution in [-0.2, 0) is 4.74 Å². The molecule has 0 amide bonds.